The fourth-order valence-electron chi connectivity index (χ4n) is 12.9. The molecule has 0 radical (unpaired) electrons. The Morgan fingerprint density at radius 1 is 0.515 bits per heavy atom. The van der Waals surface area contributed by atoms with Crippen LogP contribution in [0.25, 0.3) is 21.8 Å². The highest BCUT2D eigenvalue weighted by Gasteiger charge is 2.54. The smallest absolute Gasteiger partial charge is 0.396 e. The highest BCUT2D eigenvalue weighted by molar-refractivity contribution is 6.66. The lowest BCUT2D eigenvalue weighted by molar-refractivity contribution is -0.287. The molecule has 2 unspecified atom stereocenters. The number of aromatic nitrogens is 2. The van der Waals surface area contributed by atoms with Gasteiger partial charge in [0.05, 0.1) is 111 Å². The van der Waals surface area contributed by atoms with Gasteiger partial charge in [0.1, 0.15) is 17.4 Å². The standard InChI is InChI=1S/C41H40F3NO6.C29H33FN2O3.C11H7ClF2O3/c1-39(2,26-49-24-28-11-7-4-8-12-28)37-18-30-17-29(19-38(47)40(15-16-40)31-13-14-35-36(20-31)51-41(43,44)50-35)33(42)21-34(30)45(37)22-32(46)25-48-23-27-9-5-3-6-10-27;1-29(2,20-35-18-22-11-7-4-8-12-22)28-14-23-13-26(31)25(30)15-27(23)32(28)16-24(33)19-34-17-21-9-5-3-6-10-21;12-9(15)10(3-4-10)6-1-2-7-8(5-6)17-11(13,14)16-7/h3-14,17-18,20-21,32,46H,15-16,19,22-26H2,1-2H3;3-15,24,33H,16-20,31H2,1-2H3;1-2,5H,3-4H2/i25D2;19D2;. The van der Waals surface area contributed by atoms with Gasteiger partial charge in [0, 0.05) is 45.5 Å². The van der Waals surface area contributed by atoms with E-state index in [-0.39, 0.29) is 79.4 Å². The average Bonchev–Trinajstić information content (AvgIpc) is 1.60. The first-order valence-electron chi connectivity index (χ1n) is 35.6. The predicted octanol–water partition coefficient (Wildman–Crippen LogP) is 16.3. The van der Waals surface area contributed by atoms with Crippen LogP contribution in [0.2, 0.25) is 0 Å². The number of rotatable bonds is 28. The number of fused-ring (bicyclic) bond motifs is 4. The number of alkyl halides is 4. The largest absolute Gasteiger partial charge is 0.586 e. The molecule has 0 spiro atoms. The molecular formula is C81H80ClF6N3O12. The summed E-state index contributed by atoms with van der Waals surface area (Å²) in [6.07, 6.45) is -8.60. The van der Waals surface area contributed by atoms with Crippen molar-refractivity contribution in [3.05, 3.63) is 256 Å². The Bertz CT molecular complexity index is 4840. The Kier molecular flexibility index (Phi) is 20.3. The summed E-state index contributed by atoms with van der Waals surface area (Å²) in [4.78, 5) is 25.1. The van der Waals surface area contributed by atoms with E-state index >= 15 is 4.39 Å². The number of ether oxygens (including phenoxy) is 8. The summed E-state index contributed by atoms with van der Waals surface area (Å²) >= 11 is 5.51. The topological polar surface area (TPSA) is 184 Å². The van der Waals surface area contributed by atoms with E-state index in [0.29, 0.717) is 84.1 Å². The van der Waals surface area contributed by atoms with Gasteiger partial charge in [-0.25, -0.2) is 8.78 Å². The van der Waals surface area contributed by atoms with E-state index in [9.17, 15) is 41.8 Å². The van der Waals surface area contributed by atoms with Gasteiger partial charge in [-0.3, -0.25) is 9.59 Å². The molecule has 0 amide bonds. The van der Waals surface area contributed by atoms with Gasteiger partial charge in [0.25, 0.3) is 0 Å². The normalized spacial score (nSPS) is 17.0. The molecule has 540 valence electrons. The monoisotopic (exact) mass is 1440 g/mol. The molecule has 2 atom stereocenters. The number of benzene rings is 8. The van der Waals surface area contributed by atoms with E-state index in [1.54, 1.807) is 45.5 Å². The van der Waals surface area contributed by atoms with Gasteiger partial charge in [-0.05, 0) is 131 Å². The molecule has 103 heavy (non-hydrogen) atoms. The fraction of sp³-hybridized carbons (Fsp3) is 0.333. The third-order valence-corrected chi connectivity index (χ3v) is 19.0. The number of nitrogens with two attached hydrogens (primary N) is 1. The lowest BCUT2D eigenvalue weighted by atomic mass is 9.87. The number of halogens is 7. The van der Waals surface area contributed by atoms with E-state index in [0.717, 1.165) is 27.9 Å². The predicted molar refractivity (Wildman–Crippen MR) is 377 cm³/mol. The Morgan fingerprint density at radius 3 is 1.28 bits per heavy atom. The zero-order valence-electron chi connectivity index (χ0n) is 60.9. The van der Waals surface area contributed by atoms with Crippen LogP contribution in [0.15, 0.2) is 194 Å². The molecule has 10 aromatic rings. The van der Waals surface area contributed by atoms with Crippen molar-refractivity contribution in [3.8, 4) is 23.0 Å². The lowest BCUT2D eigenvalue weighted by Crippen LogP contribution is -2.30. The molecule has 0 saturated heterocycles. The number of carbonyl (C=O) groups is 2. The average molecular weight is 1440 g/mol. The number of hydrogen-bond donors (Lipinski definition) is 3. The van der Waals surface area contributed by atoms with Crippen molar-refractivity contribution in [1.29, 1.82) is 0 Å². The van der Waals surface area contributed by atoms with Gasteiger partial charge in [0.2, 0.25) is 5.24 Å². The van der Waals surface area contributed by atoms with Gasteiger partial charge >= 0.3 is 12.6 Å². The second-order valence-corrected chi connectivity index (χ2v) is 27.8. The third kappa shape index (κ3) is 17.6. The Balaban J connectivity index is 0.000000170. The van der Waals surface area contributed by atoms with E-state index in [1.807, 2.05) is 149 Å². The Labute approximate surface area is 603 Å². The first-order valence-corrected chi connectivity index (χ1v) is 33.9. The number of aliphatic hydroxyl groups is 2. The number of anilines is 1. The van der Waals surface area contributed by atoms with E-state index in [1.165, 1.54) is 36.4 Å². The van der Waals surface area contributed by atoms with Crippen LogP contribution < -0.4 is 24.7 Å². The van der Waals surface area contributed by atoms with Crippen LogP contribution in [0.3, 0.4) is 0 Å². The number of nitrogens with zero attached hydrogens (tertiary/aromatic N) is 2. The molecule has 14 rings (SSSR count). The van der Waals surface area contributed by atoms with E-state index in [2.05, 4.69) is 18.9 Å². The maximum atomic E-state index is 16.0. The van der Waals surface area contributed by atoms with Crippen molar-refractivity contribution in [3.63, 3.8) is 0 Å². The van der Waals surface area contributed by atoms with Gasteiger partial charge in [-0.2, -0.15) is 0 Å². The molecule has 22 heteroatoms. The number of aliphatic hydroxyl groups excluding tert-OH is 2. The lowest BCUT2D eigenvalue weighted by Gasteiger charge is -2.28. The first kappa shape index (κ1) is 68.2. The molecule has 4 N–H and O–H groups in total. The summed E-state index contributed by atoms with van der Waals surface area (Å²) in [5, 5.41) is 23.1. The second kappa shape index (κ2) is 30.6. The fourth-order valence-corrected chi connectivity index (χ4v) is 13.1. The number of Topliss-reactive ketones (excluding diaryl/α,β-unsaturated/α-hetero) is 1. The summed E-state index contributed by atoms with van der Waals surface area (Å²) in [6.45, 7) is 4.04. The quantitative estimate of drug-likeness (QED) is 0.0239. The van der Waals surface area contributed by atoms with E-state index < -0.39 is 76.5 Å². The Morgan fingerprint density at radius 2 is 0.883 bits per heavy atom. The van der Waals surface area contributed by atoms with Crippen molar-refractivity contribution < 1.29 is 89.5 Å². The number of nitrogen functional groups attached to an aromatic ring is 1. The number of carbonyl (C=O) groups excluding carboxylic acids is 2. The molecule has 2 aliphatic carbocycles. The first-order chi connectivity index (χ1) is 50.7. The minimum Gasteiger partial charge on any atom is -0.396 e. The highest BCUT2D eigenvalue weighted by Crippen LogP contribution is 2.54. The van der Waals surface area contributed by atoms with Gasteiger partial charge < -0.3 is 63.0 Å². The van der Waals surface area contributed by atoms with Crippen LogP contribution in [0, 0.1) is 11.6 Å². The molecule has 0 bridgehead atoms. The zero-order valence-corrected chi connectivity index (χ0v) is 57.7. The molecule has 2 saturated carbocycles. The zero-order chi connectivity index (χ0) is 76.5. The van der Waals surface area contributed by atoms with Crippen LogP contribution in [0.4, 0.5) is 32.0 Å². The highest BCUT2D eigenvalue weighted by atomic mass is 35.5. The molecule has 4 aliphatic rings. The summed E-state index contributed by atoms with van der Waals surface area (Å²) < 4.78 is 162. The minimum absolute atomic E-state index is 0.00810. The Hall–Kier alpha value is -9.19. The molecule has 2 fully saturated rings. The summed E-state index contributed by atoms with van der Waals surface area (Å²) in [7, 11) is 0. The van der Waals surface area contributed by atoms with Crippen molar-refractivity contribution >= 4 is 50.1 Å². The third-order valence-electron chi connectivity index (χ3n) is 18.6. The van der Waals surface area contributed by atoms with Crippen LogP contribution in [-0.4, -0.2) is 81.5 Å². The maximum absolute atomic E-state index is 16.0. The van der Waals surface area contributed by atoms with Crippen molar-refractivity contribution in [1.82, 2.24) is 9.13 Å². The van der Waals surface area contributed by atoms with Crippen LogP contribution in [-0.2, 0) is 96.1 Å². The second-order valence-electron chi connectivity index (χ2n) is 27.5. The summed E-state index contributed by atoms with van der Waals surface area (Å²) in [6, 6.07) is 55.9. The van der Waals surface area contributed by atoms with Gasteiger partial charge in [-0.1, -0.05) is 161 Å². The molecular weight excluding hydrogens is 1360 g/mol. The van der Waals surface area contributed by atoms with Crippen molar-refractivity contribution in [2.75, 3.05) is 32.1 Å². The molecule has 8 aromatic carbocycles. The summed E-state index contributed by atoms with van der Waals surface area (Å²) in [5.74, 6) is -1.83. The minimum atomic E-state index is -3.79. The maximum Gasteiger partial charge on any atom is 0.586 e. The van der Waals surface area contributed by atoms with Gasteiger partial charge in [0.15, 0.2) is 23.0 Å². The number of ketones is 1. The van der Waals surface area contributed by atoms with Crippen LogP contribution in [0.5, 0.6) is 23.0 Å². The number of hydrogen-bond acceptors (Lipinski definition) is 13. The van der Waals surface area contributed by atoms with Crippen LogP contribution in [0.1, 0.15) is 109 Å². The molecule has 2 aromatic heterocycles. The van der Waals surface area contributed by atoms with Crippen LogP contribution >= 0.6 is 11.6 Å². The van der Waals surface area contributed by atoms with Gasteiger partial charge in [-0.15, -0.1) is 17.6 Å². The van der Waals surface area contributed by atoms with Crippen molar-refractivity contribution in [2.24, 2.45) is 0 Å². The SMILES string of the molecule is O=C(Cl)C1(c2ccc3c(c2)OC(F)(F)O3)CC1.[2H]C([2H])(OCc1ccccc1)C(O)Cn1c(C(C)(C)COCc2ccccc2)cc2cc(CC(=O)C3(c4ccc5c(c4)OC(F)(F)O5)CC3)c(F)cc21.[2H]C([2H])(OCc1ccccc1)C(O)Cn1c(C(C)(C)COCc2ccccc2)cc2cc(N)c(F)cc21. The molecule has 2 aliphatic heterocycles. The van der Waals surface area contributed by atoms with E-state index in [4.69, 9.17) is 41.8 Å². The molecule has 4 heterocycles. The molecule has 15 nitrogen and oxygen atoms in total. The van der Waals surface area contributed by atoms with Crippen molar-refractivity contribution in [2.45, 2.75) is 146 Å². The summed E-state index contributed by atoms with van der Waals surface area (Å²) in [5.41, 5.74) is 10.1.